The van der Waals surface area contributed by atoms with Gasteiger partial charge in [-0.1, -0.05) is 72.8 Å². The molecular weight excluding hydrogens is 391 g/mol. The predicted molar refractivity (Wildman–Crippen MR) is 107 cm³/mol. The second kappa shape index (κ2) is 8.16. The molecular formula is C24H18F3NO2. The molecule has 0 bridgehead atoms. The number of halogens is 3. The van der Waals surface area contributed by atoms with Gasteiger partial charge in [0.1, 0.15) is 6.04 Å². The molecule has 1 aliphatic rings. The summed E-state index contributed by atoms with van der Waals surface area (Å²) in [6, 6.07) is 23.2. The molecule has 3 nitrogen and oxygen atoms in total. The van der Waals surface area contributed by atoms with Crippen LogP contribution in [0.1, 0.15) is 28.3 Å². The van der Waals surface area contributed by atoms with Gasteiger partial charge in [-0.2, -0.15) is 13.2 Å². The van der Waals surface area contributed by atoms with Crippen molar-refractivity contribution in [2.45, 2.75) is 18.8 Å². The molecule has 0 saturated carbocycles. The second-order valence-electron chi connectivity index (χ2n) is 6.94. The van der Waals surface area contributed by atoms with Crippen LogP contribution in [0.5, 0.6) is 0 Å². The molecule has 3 aromatic carbocycles. The monoisotopic (exact) mass is 409 g/mol. The number of nitrogens with zero attached hydrogens (tertiary/aromatic N) is 1. The number of carbonyl (C=O) groups is 1. The van der Waals surface area contributed by atoms with Crippen molar-refractivity contribution in [2.75, 3.05) is 0 Å². The van der Waals surface area contributed by atoms with Crippen molar-refractivity contribution < 1.29 is 22.8 Å². The molecule has 1 atom stereocenters. The molecule has 0 saturated heterocycles. The van der Waals surface area contributed by atoms with Crippen LogP contribution in [0.3, 0.4) is 0 Å². The number of aldehydes is 1. The summed E-state index contributed by atoms with van der Waals surface area (Å²) in [7, 11) is 0. The van der Waals surface area contributed by atoms with Crippen LogP contribution in [0, 0.1) is 0 Å². The maximum absolute atomic E-state index is 12.9. The first-order chi connectivity index (χ1) is 14.5. The fourth-order valence-corrected chi connectivity index (χ4v) is 3.52. The van der Waals surface area contributed by atoms with E-state index >= 15 is 0 Å². The highest BCUT2D eigenvalue weighted by atomic mass is 19.4. The van der Waals surface area contributed by atoms with Crippen molar-refractivity contribution >= 4 is 12.0 Å². The van der Waals surface area contributed by atoms with Gasteiger partial charge in [-0.3, -0.25) is 4.79 Å². The van der Waals surface area contributed by atoms with Gasteiger partial charge in [0, 0.05) is 5.56 Å². The molecule has 152 valence electrons. The van der Waals surface area contributed by atoms with E-state index in [2.05, 4.69) is 0 Å². The fourth-order valence-electron chi connectivity index (χ4n) is 3.52. The van der Waals surface area contributed by atoms with Crippen LogP contribution in [0.2, 0.25) is 0 Å². The SMILES string of the molecule is O=CC1=C(c2ccc(C(F)(F)F)cc2)ON(Cc2ccccc2)[C@H]1c1ccccc1. The van der Waals surface area contributed by atoms with Gasteiger partial charge >= 0.3 is 6.18 Å². The summed E-state index contributed by atoms with van der Waals surface area (Å²) in [6.45, 7) is 0.405. The Morgan fingerprint density at radius 3 is 2.03 bits per heavy atom. The maximum atomic E-state index is 12.9. The molecule has 30 heavy (non-hydrogen) atoms. The summed E-state index contributed by atoms with van der Waals surface area (Å²) in [5.74, 6) is 0.267. The number of benzene rings is 3. The zero-order chi connectivity index (χ0) is 21.1. The standard InChI is InChI=1S/C24H18F3NO2/c25-24(26,27)20-13-11-19(12-14-20)23-21(16-29)22(18-9-5-2-6-10-18)28(30-23)15-17-7-3-1-4-8-17/h1-14,16,22H,15H2/t22-/m0/s1. The van der Waals surface area contributed by atoms with Gasteiger partial charge in [0.05, 0.1) is 17.7 Å². The van der Waals surface area contributed by atoms with Gasteiger partial charge < -0.3 is 4.84 Å². The molecule has 0 aliphatic carbocycles. The number of carbonyl (C=O) groups excluding carboxylic acids is 1. The molecule has 0 spiro atoms. The predicted octanol–water partition coefficient (Wildman–Crippen LogP) is 5.80. The van der Waals surface area contributed by atoms with Gasteiger partial charge in [-0.25, -0.2) is 0 Å². The molecule has 0 unspecified atom stereocenters. The zero-order valence-corrected chi connectivity index (χ0v) is 15.8. The number of hydroxylamine groups is 2. The van der Waals surface area contributed by atoms with Gasteiger partial charge in [-0.15, -0.1) is 5.06 Å². The van der Waals surface area contributed by atoms with E-state index in [-0.39, 0.29) is 5.76 Å². The highest BCUT2D eigenvalue weighted by molar-refractivity contribution is 5.88. The number of hydrogen-bond acceptors (Lipinski definition) is 3. The molecule has 1 aliphatic heterocycles. The van der Waals surface area contributed by atoms with Crippen LogP contribution >= 0.6 is 0 Å². The van der Waals surface area contributed by atoms with E-state index in [1.807, 2.05) is 60.7 Å². The minimum absolute atomic E-state index is 0.267. The minimum Gasteiger partial charge on any atom is -0.404 e. The van der Waals surface area contributed by atoms with Crippen molar-refractivity contribution in [1.82, 2.24) is 5.06 Å². The quantitative estimate of drug-likeness (QED) is 0.499. The molecule has 0 aromatic heterocycles. The average Bonchev–Trinajstić information content (AvgIpc) is 3.12. The summed E-state index contributed by atoms with van der Waals surface area (Å²) in [4.78, 5) is 18.1. The van der Waals surface area contributed by atoms with Crippen molar-refractivity contribution in [1.29, 1.82) is 0 Å². The zero-order valence-electron chi connectivity index (χ0n) is 15.8. The maximum Gasteiger partial charge on any atom is 0.416 e. The molecule has 6 heteroatoms. The summed E-state index contributed by atoms with van der Waals surface area (Å²) < 4.78 is 38.8. The molecule has 4 rings (SSSR count). The Hall–Kier alpha value is -3.38. The van der Waals surface area contributed by atoms with Crippen molar-refractivity contribution in [2.24, 2.45) is 0 Å². The lowest BCUT2D eigenvalue weighted by molar-refractivity contribution is -0.137. The normalized spacial score (nSPS) is 17.1. The summed E-state index contributed by atoms with van der Waals surface area (Å²) in [5.41, 5.74) is 1.88. The Kier molecular flexibility index (Phi) is 5.42. The van der Waals surface area contributed by atoms with Crippen molar-refractivity contribution in [3.8, 4) is 0 Å². The lowest BCUT2D eigenvalue weighted by Crippen LogP contribution is -2.24. The third-order valence-corrected chi connectivity index (χ3v) is 4.95. The molecule has 1 heterocycles. The van der Waals surface area contributed by atoms with Crippen LogP contribution < -0.4 is 0 Å². The fraction of sp³-hybridized carbons (Fsp3) is 0.125. The van der Waals surface area contributed by atoms with Gasteiger partial charge in [0.2, 0.25) is 0 Å². The lowest BCUT2D eigenvalue weighted by atomic mass is 9.96. The Morgan fingerprint density at radius 2 is 1.47 bits per heavy atom. The number of rotatable bonds is 5. The summed E-state index contributed by atoms with van der Waals surface area (Å²) in [5, 5.41) is 1.68. The van der Waals surface area contributed by atoms with E-state index in [1.54, 1.807) is 5.06 Å². The topological polar surface area (TPSA) is 29.5 Å². The van der Waals surface area contributed by atoms with Crippen LogP contribution in [-0.2, 0) is 22.4 Å². The molecule has 0 fully saturated rings. The third kappa shape index (κ3) is 4.00. The van der Waals surface area contributed by atoms with E-state index in [4.69, 9.17) is 4.84 Å². The highest BCUT2D eigenvalue weighted by Crippen LogP contribution is 2.42. The van der Waals surface area contributed by atoms with Gasteiger partial charge in [-0.05, 0) is 23.3 Å². The average molecular weight is 409 g/mol. The highest BCUT2D eigenvalue weighted by Gasteiger charge is 2.37. The van der Waals surface area contributed by atoms with E-state index in [9.17, 15) is 18.0 Å². The Bertz CT molecular complexity index is 1050. The Balaban J connectivity index is 1.74. The Labute approximate surface area is 172 Å². The van der Waals surface area contributed by atoms with E-state index in [0.717, 1.165) is 29.5 Å². The summed E-state index contributed by atoms with van der Waals surface area (Å²) >= 11 is 0. The molecule has 0 amide bonds. The first kappa shape index (κ1) is 19.9. The number of alkyl halides is 3. The molecule has 3 aromatic rings. The van der Waals surface area contributed by atoms with Crippen LogP contribution in [0.4, 0.5) is 13.2 Å². The summed E-state index contributed by atoms with van der Waals surface area (Å²) in [6.07, 6.45) is -3.71. The van der Waals surface area contributed by atoms with Crippen molar-refractivity contribution in [3.05, 3.63) is 113 Å². The van der Waals surface area contributed by atoms with E-state index in [0.29, 0.717) is 17.7 Å². The molecule has 0 radical (unpaired) electrons. The third-order valence-electron chi connectivity index (χ3n) is 4.95. The minimum atomic E-state index is -4.43. The first-order valence-electron chi connectivity index (χ1n) is 9.38. The lowest BCUT2D eigenvalue weighted by Gasteiger charge is -2.24. The smallest absolute Gasteiger partial charge is 0.404 e. The first-order valence-corrected chi connectivity index (χ1v) is 9.38. The van der Waals surface area contributed by atoms with Crippen LogP contribution in [0.25, 0.3) is 5.76 Å². The van der Waals surface area contributed by atoms with Crippen LogP contribution in [-0.4, -0.2) is 11.3 Å². The van der Waals surface area contributed by atoms with Gasteiger partial charge in [0.15, 0.2) is 12.0 Å². The van der Waals surface area contributed by atoms with Crippen molar-refractivity contribution in [3.63, 3.8) is 0 Å². The van der Waals surface area contributed by atoms with Crippen LogP contribution in [0.15, 0.2) is 90.5 Å². The van der Waals surface area contributed by atoms with Gasteiger partial charge in [0.25, 0.3) is 0 Å². The van der Waals surface area contributed by atoms with E-state index in [1.165, 1.54) is 12.1 Å². The Morgan fingerprint density at radius 1 is 0.867 bits per heavy atom. The second-order valence-corrected chi connectivity index (χ2v) is 6.94. The number of hydrogen-bond donors (Lipinski definition) is 0. The largest absolute Gasteiger partial charge is 0.416 e. The van der Waals surface area contributed by atoms with E-state index < -0.39 is 17.8 Å². The molecule has 0 N–H and O–H groups in total.